The van der Waals surface area contributed by atoms with E-state index in [-0.39, 0.29) is 11.8 Å². The van der Waals surface area contributed by atoms with E-state index in [4.69, 9.17) is 12.2 Å². The van der Waals surface area contributed by atoms with Crippen molar-refractivity contribution in [3.05, 3.63) is 114 Å². The predicted molar refractivity (Wildman–Crippen MR) is 162 cm³/mol. The average Bonchev–Trinajstić information content (AvgIpc) is 2.90. The van der Waals surface area contributed by atoms with E-state index in [1.54, 1.807) is 24.3 Å². The maximum absolute atomic E-state index is 13.4. The monoisotopic (exact) mass is 540 g/mol. The molecule has 4 aromatic carbocycles. The zero-order chi connectivity index (χ0) is 26.9. The van der Waals surface area contributed by atoms with Gasteiger partial charge >= 0.3 is 0 Å². The van der Waals surface area contributed by atoms with Crippen LogP contribution >= 0.6 is 24.0 Å². The number of hydrogen-bond acceptors (Lipinski definition) is 4. The van der Waals surface area contributed by atoms with Crippen molar-refractivity contribution in [1.82, 2.24) is 0 Å². The first-order valence-electron chi connectivity index (χ1n) is 12.0. The van der Waals surface area contributed by atoms with Gasteiger partial charge in [0.25, 0.3) is 0 Å². The number of carbonyl (C=O) groups excluding carboxylic acids is 2. The Morgan fingerprint density at radius 1 is 0.684 bits per heavy atom. The van der Waals surface area contributed by atoms with Gasteiger partial charge in [0.05, 0.1) is 0 Å². The molecule has 1 unspecified atom stereocenters. The molecular weight excluding hydrogens is 512 g/mol. The summed E-state index contributed by atoms with van der Waals surface area (Å²) >= 11 is 6.94. The topological polar surface area (TPSA) is 82.3 Å². The maximum Gasteiger partial charge on any atom is 0.242 e. The van der Waals surface area contributed by atoms with Gasteiger partial charge in [0, 0.05) is 34.6 Å². The number of nitrogens with one attached hydrogen (secondary N) is 4. The van der Waals surface area contributed by atoms with Crippen molar-refractivity contribution in [3.63, 3.8) is 0 Å². The lowest BCUT2D eigenvalue weighted by atomic mass is 10.1. The molecule has 4 N–H and O–H groups in total. The number of amides is 2. The Hall–Kier alpha value is -4.14. The van der Waals surface area contributed by atoms with Crippen LogP contribution in [0.15, 0.2) is 108 Å². The molecule has 0 fully saturated rings. The fourth-order valence-electron chi connectivity index (χ4n) is 3.66. The van der Waals surface area contributed by atoms with Crippen LogP contribution in [0.1, 0.15) is 23.3 Å². The third-order valence-corrected chi connectivity index (χ3v) is 6.92. The number of rotatable bonds is 8. The smallest absolute Gasteiger partial charge is 0.242 e. The molecule has 4 aromatic rings. The normalized spacial score (nSPS) is 11.2. The molecule has 192 valence electrons. The number of aryl methyl sites for hydroxylation is 1. The third-order valence-electron chi connectivity index (χ3n) is 5.47. The van der Waals surface area contributed by atoms with Gasteiger partial charge in [-0.05, 0) is 79.3 Å². The van der Waals surface area contributed by atoms with Gasteiger partial charge in [-0.1, -0.05) is 54.1 Å². The molecule has 0 bridgehead atoms. The van der Waals surface area contributed by atoms with Crippen LogP contribution in [0.4, 0.5) is 22.7 Å². The van der Waals surface area contributed by atoms with E-state index in [2.05, 4.69) is 21.3 Å². The number of thiocarbonyl (C=S) groups is 1. The molecule has 38 heavy (non-hydrogen) atoms. The van der Waals surface area contributed by atoms with Crippen molar-refractivity contribution in [2.24, 2.45) is 0 Å². The maximum atomic E-state index is 13.4. The average molecular weight is 541 g/mol. The Kier molecular flexibility index (Phi) is 9.13. The molecule has 0 saturated heterocycles. The van der Waals surface area contributed by atoms with Gasteiger partial charge < -0.3 is 21.3 Å². The molecule has 8 heteroatoms. The number of benzene rings is 4. The fourth-order valence-corrected chi connectivity index (χ4v) is 4.98. The number of hydrogen-bond donors (Lipinski definition) is 4. The molecule has 6 nitrogen and oxygen atoms in total. The van der Waals surface area contributed by atoms with Crippen LogP contribution in [0, 0.1) is 6.92 Å². The number of carbonyl (C=O) groups is 2. The first-order valence-corrected chi connectivity index (χ1v) is 13.3. The minimum Gasteiger partial charge on any atom is -0.332 e. The third kappa shape index (κ3) is 7.93. The summed E-state index contributed by atoms with van der Waals surface area (Å²) in [5.74, 6) is -0.297. The molecule has 0 heterocycles. The highest BCUT2D eigenvalue weighted by Crippen LogP contribution is 2.37. The van der Waals surface area contributed by atoms with E-state index in [1.165, 1.54) is 24.2 Å². The van der Waals surface area contributed by atoms with E-state index in [0.717, 1.165) is 21.8 Å². The minimum atomic E-state index is -0.487. The van der Waals surface area contributed by atoms with Crippen LogP contribution in [0.3, 0.4) is 0 Å². The van der Waals surface area contributed by atoms with Crippen LogP contribution in [-0.2, 0) is 9.59 Å². The Morgan fingerprint density at radius 3 is 1.92 bits per heavy atom. The van der Waals surface area contributed by atoms with Crippen LogP contribution in [0.25, 0.3) is 0 Å². The second-order valence-corrected chi connectivity index (χ2v) is 10.2. The van der Waals surface area contributed by atoms with Crippen molar-refractivity contribution >= 4 is 63.7 Å². The molecule has 4 rings (SSSR count). The summed E-state index contributed by atoms with van der Waals surface area (Å²) in [7, 11) is 0. The highest BCUT2D eigenvalue weighted by Gasteiger charge is 2.22. The SMILES string of the molecule is CC(=O)Nc1ccc(NC(=O)C(Sc2cccc(NC(=S)Nc3ccc(C)cc3)c2)c2ccccc2)cc1. The first-order chi connectivity index (χ1) is 18.4. The summed E-state index contributed by atoms with van der Waals surface area (Å²) in [5.41, 5.74) is 5.11. The highest BCUT2D eigenvalue weighted by molar-refractivity contribution is 8.00. The molecule has 0 aliphatic heterocycles. The minimum absolute atomic E-state index is 0.147. The Balaban J connectivity index is 1.46. The Morgan fingerprint density at radius 2 is 1.26 bits per heavy atom. The van der Waals surface area contributed by atoms with E-state index in [9.17, 15) is 9.59 Å². The van der Waals surface area contributed by atoms with Gasteiger partial charge in [-0.2, -0.15) is 0 Å². The fraction of sp³-hybridized carbons (Fsp3) is 0.100. The summed E-state index contributed by atoms with van der Waals surface area (Å²) in [6.07, 6.45) is 0. The molecule has 0 saturated carbocycles. The van der Waals surface area contributed by atoms with Gasteiger partial charge in [0.15, 0.2) is 5.11 Å². The van der Waals surface area contributed by atoms with Crippen molar-refractivity contribution in [2.75, 3.05) is 21.3 Å². The van der Waals surface area contributed by atoms with Crippen LogP contribution in [0.2, 0.25) is 0 Å². The van der Waals surface area contributed by atoms with Gasteiger partial charge in [-0.15, -0.1) is 11.8 Å². The molecule has 0 aliphatic carbocycles. The zero-order valence-corrected chi connectivity index (χ0v) is 22.7. The van der Waals surface area contributed by atoms with Crippen molar-refractivity contribution in [3.8, 4) is 0 Å². The zero-order valence-electron chi connectivity index (χ0n) is 21.0. The van der Waals surface area contributed by atoms with Crippen LogP contribution < -0.4 is 21.3 Å². The van der Waals surface area contributed by atoms with Gasteiger partial charge in [0.1, 0.15) is 5.25 Å². The second kappa shape index (κ2) is 12.9. The lowest BCUT2D eigenvalue weighted by Crippen LogP contribution is -2.19. The summed E-state index contributed by atoms with van der Waals surface area (Å²) in [6.45, 7) is 3.49. The van der Waals surface area contributed by atoms with E-state index in [1.807, 2.05) is 85.8 Å². The second-order valence-electron chi connectivity index (χ2n) is 8.63. The van der Waals surface area contributed by atoms with E-state index >= 15 is 0 Å². The molecule has 2 amide bonds. The summed E-state index contributed by atoms with van der Waals surface area (Å²) in [6, 6.07) is 32.5. The Bertz CT molecular complexity index is 1410. The van der Waals surface area contributed by atoms with Crippen LogP contribution in [-0.4, -0.2) is 16.9 Å². The largest absolute Gasteiger partial charge is 0.332 e. The lowest BCUT2D eigenvalue weighted by molar-refractivity contribution is -0.116. The molecular formula is C30H28N4O2S2. The molecule has 0 spiro atoms. The number of anilines is 4. The van der Waals surface area contributed by atoms with Gasteiger partial charge in [-0.25, -0.2) is 0 Å². The van der Waals surface area contributed by atoms with E-state index in [0.29, 0.717) is 16.5 Å². The first kappa shape index (κ1) is 26.9. The summed E-state index contributed by atoms with van der Waals surface area (Å²) in [4.78, 5) is 25.6. The summed E-state index contributed by atoms with van der Waals surface area (Å²) in [5, 5.41) is 12.1. The Labute approximate surface area is 232 Å². The standard InChI is InChI=1S/C30H28N4O2S2/c1-20-11-13-25(14-12-20)33-30(37)34-26-9-6-10-27(19-26)38-28(22-7-4-3-5-8-22)29(36)32-24-17-15-23(16-18-24)31-21(2)35/h3-19,28H,1-2H3,(H,31,35)(H,32,36)(H2,33,34,37). The summed E-state index contributed by atoms with van der Waals surface area (Å²) < 4.78 is 0. The van der Waals surface area contributed by atoms with Crippen molar-refractivity contribution in [1.29, 1.82) is 0 Å². The van der Waals surface area contributed by atoms with Crippen molar-refractivity contribution in [2.45, 2.75) is 24.0 Å². The molecule has 1 atom stereocenters. The molecule has 0 radical (unpaired) electrons. The highest BCUT2D eigenvalue weighted by atomic mass is 32.2. The van der Waals surface area contributed by atoms with Gasteiger partial charge in [0.2, 0.25) is 11.8 Å². The van der Waals surface area contributed by atoms with Crippen molar-refractivity contribution < 1.29 is 9.59 Å². The number of thioether (sulfide) groups is 1. The molecule has 0 aromatic heterocycles. The van der Waals surface area contributed by atoms with E-state index < -0.39 is 5.25 Å². The van der Waals surface area contributed by atoms with Crippen LogP contribution in [0.5, 0.6) is 0 Å². The quantitative estimate of drug-likeness (QED) is 0.139. The predicted octanol–water partition coefficient (Wildman–Crippen LogP) is 7.23. The lowest BCUT2D eigenvalue weighted by Gasteiger charge is -2.18. The van der Waals surface area contributed by atoms with Gasteiger partial charge in [-0.3, -0.25) is 9.59 Å². The molecule has 0 aliphatic rings.